The molecule has 8 aromatic heterocycles. The summed E-state index contributed by atoms with van der Waals surface area (Å²) in [6.07, 6.45) is 33.1. The molecule has 61 nitrogen and oxygen atoms in total. The third kappa shape index (κ3) is 31.8. The fraction of sp³-hybridized carbons (Fsp3) is 0.529. The highest BCUT2D eigenvalue weighted by Gasteiger charge is 2.34. The van der Waals surface area contributed by atoms with Gasteiger partial charge in [-0.15, -0.1) is 0 Å². The number of hydrogen-bond donors (Lipinski definition) is 0. The third-order valence-corrected chi connectivity index (χ3v) is 22.8. The van der Waals surface area contributed by atoms with E-state index in [2.05, 4.69) is 132 Å². The van der Waals surface area contributed by atoms with E-state index < -0.39 is 95.0 Å². The van der Waals surface area contributed by atoms with Crippen LogP contribution in [0.1, 0.15) is 113 Å². The summed E-state index contributed by atoms with van der Waals surface area (Å²) in [4.78, 5) is 182. The molecule has 64 heteroatoms. The Bertz CT molecular complexity index is 6050. The summed E-state index contributed by atoms with van der Waals surface area (Å²) in [6.45, 7) is 1.68. The maximum atomic E-state index is 11.8. The summed E-state index contributed by atoms with van der Waals surface area (Å²) in [5.74, 6) is -0.238. The third-order valence-electron chi connectivity index (χ3n) is 19.2. The first-order valence-electron chi connectivity index (χ1n) is 39.7. The number of carbonyl (C=O) groups excluding carboxylic acids is 8. The summed E-state index contributed by atoms with van der Waals surface area (Å²) in [5.41, 5.74) is -3.31. The fourth-order valence-corrected chi connectivity index (χ4v) is 13.3. The van der Waals surface area contributed by atoms with Gasteiger partial charge in [0.2, 0.25) is 0 Å². The summed E-state index contributed by atoms with van der Waals surface area (Å²) in [7, 11) is 5.69. The Balaban J connectivity index is 0.000000209. The second kappa shape index (κ2) is 51.4. The standard InChI is InChI=1S/C9H13N5O3.C9H12N4O4S.4C9H12N4O3.C8H12N4O5S.C8H12N4O4S/c1-12-5-7(6-12)14-9(16)13(10-11-14)4-3-8(15)17-2;1-17-8(14)3-4-12-9(15)13(11-10-12)7-5-18(2,16)6-7;4*1-16-8(14)5-6-12-9(15)13(11-10-12)7-3-2-4-7;1-17-7(13)3-4-11-8(14)12(10-9-11)5-6-18(2,15)16;1-16-7(13)3-4-11-8(14)12(10-9-11)5-6-17(2)15/h3-4,7H,5-6H2,1-2H3;3-4,7H,2,5-6H2,1H3;4*5-7H,2-4H2,1H3;3-4H,5-6H2,1-2H3;3-4H,5-6H2,1-2H3/b2*4-3-;4*6-5-;2*4-3-. The molecule has 2 saturated heterocycles. The average molecular weight is 1940 g/mol. The van der Waals surface area contributed by atoms with Crippen molar-refractivity contribution in [3.05, 3.63) is 132 Å². The number of hydrogen-bond acceptors (Lipinski definition) is 45. The van der Waals surface area contributed by atoms with Crippen molar-refractivity contribution in [1.29, 1.82) is 0 Å². The topological polar surface area (TPSA) is 704 Å². The number of methoxy groups -OCH3 is 8. The van der Waals surface area contributed by atoms with Gasteiger partial charge in [-0.25, -0.2) is 85.1 Å². The van der Waals surface area contributed by atoms with Gasteiger partial charge in [-0.3, -0.25) is 8.42 Å². The van der Waals surface area contributed by atoms with Crippen LogP contribution in [-0.2, 0) is 119 Å². The largest absolute Gasteiger partial charge is 0.466 e. The zero-order valence-electron chi connectivity index (χ0n) is 74.0. The predicted octanol–water partition coefficient (Wildman–Crippen LogP) is -7.25. The van der Waals surface area contributed by atoms with Crippen LogP contribution in [0.15, 0.2) is 87.0 Å². The zero-order valence-corrected chi connectivity index (χ0v) is 76.4. The number of esters is 8. The minimum absolute atomic E-state index is 0.0628. The Labute approximate surface area is 757 Å². The van der Waals surface area contributed by atoms with Crippen LogP contribution in [0.2, 0.25) is 0 Å². The predicted molar refractivity (Wildman–Crippen MR) is 464 cm³/mol. The van der Waals surface area contributed by atoms with E-state index in [1.54, 1.807) is 0 Å². The van der Waals surface area contributed by atoms with E-state index in [0.717, 1.165) is 215 Å². The van der Waals surface area contributed by atoms with Gasteiger partial charge in [0.1, 0.15) is 9.84 Å². The number of nitrogens with zero attached hydrogens (tertiary/aromatic N) is 33. The quantitative estimate of drug-likeness (QED) is 0.0190. The molecule has 0 bridgehead atoms. The number of likely N-dealkylation sites (N-methyl/N-ethyl adjacent to an activating group) is 1. The SMILES string of the molecule is C=S1(=O)CC(n2nnn(/C=C\C(=O)OC)c2=O)C1.COC(=O)/C=C\n1nnn(C2CCC2)c1=O.COC(=O)/C=C\n1nnn(C2CCC2)c1=O.COC(=O)/C=C\n1nnn(C2CCC2)c1=O.COC(=O)/C=C\n1nnn(C2CCC2)c1=O.COC(=O)/C=C\n1nnn(C2CN(C)C2)c1=O.COC(=O)/C=C\n1nnn(CCS(C)(=O)=O)c1=O.COC(=O)/C=C\n1nnn(CCS(C)=O)c1=O. The summed E-state index contributed by atoms with van der Waals surface area (Å²) >= 11 is 0. The highest BCUT2D eigenvalue weighted by Crippen LogP contribution is 2.31. The van der Waals surface area contributed by atoms with E-state index in [0.29, 0.717) is 17.3 Å². The molecule has 14 rings (SSSR count). The van der Waals surface area contributed by atoms with Crippen molar-refractivity contribution in [3.63, 3.8) is 0 Å². The van der Waals surface area contributed by atoms with Crippen LogP contribution in [0.5, 0.6) is 0 Å². The molecule has 4 aliphatic carbocycles. The Kier molecular flexibility index (Phi) is 40.5. The van der Waals surface area contributed by atoms with Gasteiger partial charge in [0.05, 0.1) is 112 Å². The van der Waals surface area contributed by atoms with Gasteiger partial charge in [-0.05, 0) is 183 Å². The van der Waals surface area contributed by atoms with Crippen LogP contribution >= 0.6 is 0 Å². The van der Waals surface area contributed by atoms with Gasteiger partial charge in [0.15, 0.2) is 0 Å². The molecule has 0 spiro atoms. The maximum Gasteiger partial charge on any atom is 0.368 e. The summed E-state index contributed by atoms with van der Waals surface area (Å²) in [6, 6.07) is 0.469. The van der Waals surface area contributed by atoms with Gasteiger partial charge in [0.25, 0.3) is 0 Å². The number of likely N-dealkylation sites (tertiary alicyclic amines) is 1. The summed E-state index contributed by atoms with van der Waals surface area (Å²) in [5, 5.41) is 58.3. The number of aromatic nitrogens is 32. The fourth-order valence-electron chi connectivity index (χ4n) is 10.8. The van der Waals surface area contributed by atoms with E-state index in [1.165, 1.54) is 118 Å². The Morgan fingerprint density at radius 1 is 0.343 bits per heavy atom. The van der Waals surface area contributed by atoms with Crippen molar-refractivity contribution in [2.45, 2.75) is 126 Å². The van der Waals surface area contributed by atoms with E-state index in [-0.39, 0.29) is 83.5 Å². The lowest BCUT2D eigenvalue weighted by molar-refractivity contribution is -0.135. The van der Waals surface area contributed by atoms with Gasteiger partial charge < -0.3 is 42.8 Å². The van der Waals surface area contributed by atoms with Crippen molar-refractivity contribution >= 4 is 133 Å². The summed E-state index contributed by atoms with van der Waals surface area (Å²) < 4.78 is 96.8. The lowest BCUT2D eigenvalue weighted by Crippen LogP contribution is -2.48. The van der Waals surface area contributed by atoms with Crippen molar-refractivity contribution in [2.75, 3.05) is 113 Å². The van der Waals surface area contributed by atoms with Gasteiger partial charge >= 0.3 is 93.3 Å². The molecule has 6 fully saturated rings. The first-order valence-corrected chi connectivity index (χ1v) is 45.5. The molecule has 6 aliphatic rings. The highest BCUT2D eigenvalue weighted by molar-refractivity contribution is 8.01. The molecule has 0 radical (unpaired) electrons. The van der Waals surface area contributed by atoms with Crippen LogP contribution in [0.25, 0.3) is 49.6 Å². The molecule has 728 valence electrons. The molecule has 2 aliphatic heterocycles. The molecule has 4 saturated carbocycles. The first kappa shape index (κ1) is 106. The van der Waals surface area contributed by atoms with E-state index in [4.69, 9.17) is 0 Å². The molecule has 0 aromatic carbocycles. The van der Waals surface area contributed by atoms with Crippen LogP contribution in [0, 0.1) is 0 Å². The Morgan fingerprint density at radius 2 is 0.545 bits per heavy atom. The zero-order chi connectivity index (χ0) is 98.5. The Hall–Kier alpha value is -15.3. The second-order valence-corrected chi connectivity index (χ2v) is 35.0. The van der Waals surface area contributed by atoms with Crippen molar-refractivity contribution in [1.82, 2.24) is 163 Å². The second-order valence-electron chi connectivity index (χ2n) is 28.5. The maximum absolute atomic E-state index is 11.8. The van der Waals surface area contributed by atoms with Crippen molar-refractivity contribution in [2.24, 2.45) is 0 Å². The number of aryl methyl sites for hydroxylation is 2. The Morgan fingerprint density at radius 3 is 0.731 bits per heavy atom. The van der Waals surface area contributed by atoms with Crippen molar-refractivity contribution < 1.29 is 93.1 Å². The number of sulfone groups is 1. The smallest absolute Gasteiger partial charge is 0.368 e. The molecular weight excluding hydrogens is 1850 g/mol. The normalized spacial score (nSPS) is 16.8. The number of ether oxygens (including phenoxy) is 8. The van der Waals surface area contributed by atoms with Crippen LogP contribution < -0.4 is 45.5 Å². The van der Waals surface area contributed by atoms with Gasteiger partial charge in [-0.1, -0.05) is 0 Å². The van der Waals surface area contributed by atoms with E-state index in [1.807, 2.05) is 7.05 Å². The average Bonchev–Trinajstić information content (AvgIpc) is 1.58. The number of rotatable bonds is 28. The molecule has 8 aromatic rings. The number of tetrazole rings is 8. The lowest BCUT2D eigenvalue weighted by Gasteiger charge is -2.34. The van der Waals surface area contributed by atoms with Crippen LogP contribution in [0.4, 0.5) is 0 Å². The van der Waals surface area contributed by atoms with Crippen LogP contribution in [0.3, 0.4) is 0 Å². The minimum atomic E-state index is -3.19. The van der Waals surface area contributed by atoms with Gasteiger partial charge in [-0.2, -0.15) is 74.9 Å². The molecule has 1 unspecified atom stereocenters. The first-order chi connectivity index (χ1) is 63.8. The number of carbonyl (C=O) groups is 8. The van der Waals surface area contributed by atoms with Crippen molar-refractivity contribution in [3.8, 4) is 0 Å². The molecule has 10 heterocycles. The molecule has 0 N–H and O–H groups in total. The lowest BCUT2D eigenvalue weighted by atomic mass is 9.93. The molecular formula is C70H97N33O28S3. The molecule has 1 atom stereocenters. The monoisotopic (exact) mass is 1940 g/mol. The van der Waals surface area contributed by atoms with E-state index >= 15 is 0 Å². The minimum Gasteiger partial charge on any atom is -0.466 e. The van der Waals surface area contributed by atoms with Crippen LogP contribution in [-0.4, -0.2) is 346 Å². The molecule has 134 heavy (non-hydrogen) atoms. The van der Waals surface area contributed by atoms with E-state index in [9.17, 15) is 93.5 Å². The highest BCUT2D eigenvalue weighted by atomic mass is 32.2. The molecule has 0 amide bonds. The van der Waals surface area contributed by atoms with Gasteiger partial charge in [0, 0.05) is 152 Å².